The molecule has 0 aliphatic rings. The third-order valence-electron chi connectivity index (χ3n) is 2.73. The number of hydrogen-bond donors (Lipinski definition) is 1. The average Bonchev–Trinajstić information content (AvgIpc) is 3.18. The first-order chi connectivity index (χ1) is 10.5. The standard InChI is InChI=1S/C13H10ClN3O3S2/c14-10-5-3-9(4-6-10)13-17-16-11(20-13)8-15-22(18,19)12-2-1-7-21-12/h1-7,15H,8H2. The minimum Gasteiger partial charge on any atom is -0.419 e. The first-order valence-electron chi connectivity index (χ1n) is 6.16. The first kappa shape index (κ1) is 15.2. The number of sulfonamides is 1. The summed E-state index contributed by atoms with van der Waals surface area (Å²) in [7, 11) is -3.55. The summed E-state index contributed by atoms with van der Waals surface area (Å²) in [5.74, 6) is 0.493. The summed E-state index contributed by atoms with van der Waals surface area (Å²) in [6.07, 6.45) is 0. The van der Waals surface area contributed by atoms with Gasteiger partial charge in [0.1, 0.15) is 4.21 Å². The maximum absolute atomic E-state index is 12.0. The zero-order valence-corrected chi connectivity index (χ0v) is 13.5. The molecule has 22 heavy (non-hydrogen) atoms. The number of nitrogens with zero attached hydrogens (tertiary/aromatic N) is 2. The van der Waals surface area contributed by atoms with Gasteiger partial charge in [-0.1, -0.05) is 17.7 Å². The highest BCUT2D eigenvalue weighted by molar-refractivity contribution is 7.91. The molecule has 0 unspecified atom stereocenters. The molecule has 0 atom stereocenters. The second-order valence-electron chi connectivity index (χ2n) is 4.26. The fourth-order valence-electron chi connectivity index (χ4n) is 1.68. The number of benzene rings is 1. The minimum absolute atomic E-state index is 0.0686. The lowest BCUT2D eigenvalue weighted by atomic mass is 10.2. The summed E-state index contributed by atoms with van der Waals surface area (Å²) in [6, 6.07) is 10.1. The molecule has 0 aliphatic heterocycles. The fraction of sp³-hybridized carbons (Fsp3) is 0.0769. The maximum Gasteiger partial charge on any atom is 0.250 e. The van der Waals surface area contributed by atoms with Gasteiger partial charge in [-0.25, -0.2) is 13.1 Å². The molecule has 0 radical (unpaired) electrons. The lowest BCUT2D eigenvalue weighted by Crippen LogP contribution is -2.22. The number of halogens is 1. The Labute approximate surface area is 135 Å². The predicted octanol–water partition coefficient (Wildman–Crippen LogP) is 2.93. The molecule has 1 N–H and O–H groups in total. The summed E-state index contributed by atoms with van der Waals surface area (Å²) >= 11 is 6.95. The lowest BCUT2D eigenvalue weighted by molar-refractivity contribution is 0.494. The number of thiophene rings is 1. The van der Waals surface area contributed by atoms with Gasteiger partial charge < -0.3 is 4.42 Å². The van der Waals surface area contributed by atoms with Crippen LogP contribution in [0.25, 0.3) is 11.5 Å². The minimum atomic E-state index is -3.55. The van der Waals surface area contributed by atoms with E-state index in [0.29, 0.717) is 16.5 Å². The number of nitrogens with one attached hydrogen (secondary N) is 1. The SMILES string of the molecule is O=S(=O)(NCc1nnc(-c2ccc(Cl)cc2)o1)c1cccs1. The van der Waals surface area contributed by atoms with Crippen LogP contribution in [0.1, 0.15) is 5.89 Å². The fourth-order valence-corrected chi connectivity index (χ4v) is 3.82. The molecule has 1 aromatic carbocycles. The van der Waals surface area contributed by atoms with Crippen LogP contribution in [0.15, 0.2) is 50.4 Å². The van der Waals surface area contributed by atoms with Gasteiger partial charge in [-0.15, -0.1) is 21.5 Å². The van der Waals surface area contributed by atoms with E-state index in [1.165, 1.54) is 6.07 Å². The largest absolute Gasteiger partial charge is 0.419 e. The van der Waals surface area contributed by atoms with Crippen LogP contribution >= 0.6 is 22.9 Å². The van der Waals surface area contributed by atoms with Gasteiger partial charge in [-0.05, 0) is 35.7 Å². The summed E-state index contributed by atoms with van der Waals surface area (Å²) in [4.78, 5) is 0. The summed E-state index contributed by atoms with van der Waals surface area (Å²) in [5, 5.41) is 10.0. The number of rotatable bonds is 5. The van der Waals surface area contributed by atoms with Gasteiger partial charge in [-0.3, -0.25) is 0 Å². The van der Waals surface area contributed by atoms with E-state index in [-0.39, 0.29) is 16.6 Å². The Morgan fingerprint density at radius 2 is 1.95 bits per heavy atom. The van der Waals surface area contributed by atoms with Crippen LogP contribution in [-0.4, -0.2) is 18.6 Å². The van der Waals surface area contributed by atoms with Crippen LogP contribution in [0.4, 0.5) is 0 Å². The molecule has 0 amide bonds. The zero-order valence-electron chi connectivity index (χ0n) is 11.1. The topological polar surface area (TPSA) is 85.1 Å². The average molecular weight is 356 g/mol. The van der Waals surface area contributed by atoms with Crippen molar-refractivity contribution in [1.82, 2.24) is 14.9 Å². The van der Waals surface area contributed by atoms with Crippen molar-refractivity contribution in [2.24, 2.45) is 0 Å². The van der Waals surface area contributed by atoms with E-state index in [9.17, 15) is 8.42 Å². The number of aromatic nitrogens is 2. The third-order valence-corrected chi connectivity index (χ3v) is 5.78. The van der Waals surface area contributed by atoms with E-state index >= 15 is 0 Å². The van der Waals surface area contributed by atoms with Crippen LogP contribution < -0.4 is 4.72 Å². The third kappa shape index (κ3) is 3.36. The molecule has 2 heterocycles. The van der Waals surface area contributed by atoms with Gasteiger partial charge in [-0.2, -0.15) is 0 Å². The van der Waals surface area contributed by atoms with Gasteiger partial charge in [0.2, 0.25) is 11.8 Å². The highest BCUT2D eigenvalue weighted by Crippen LogP contribution is 2.20. The second kappa shape index (κ2) is 6.17. The van der Waals surface area contributed by atoms with Crippen molar-refractivity contribution in [1.29, 1.82) is 0 Å². The van der Waals surface area contributed by atoms with Crippen molar-refractivity contribution in [2.45, 2.75) is 10.8 Å². The molecular weight excluding hydrogens is 346 g/mol. The van der Waals surface area contributed by atoms with E-state index in [0.717, 1.165) is 11.3 Å². The van der Waals surface area contributed by atoms with Crippen LogP contribution in [0.5, 0.6) is 0 Å². The monoisotopic (exact) mass is 355 g/mol. The molecule has 2 aromatic heterocycles. The first-order valence-corrected chi connectivity index (χ1v) is 8.90. The van der Waals surface area contributed by atoms with E-state index in [4.69, 9.17) is 16.0 Å². The van der Waals surface area contributed by atoms with E-state index in [2.05, 4.69) is 14.9 Å². The highest BCUT2D eigenvalue weighted by atomic mass is 35.5. The Kier molecular flexibility index (Phi) is 4.25. The van der Waals surface area contributed by atoms with Gasteiger partial charge in [0, 0.05) is 10.6 Å². The molecule has 6 nitrogen and oxygen atoms in total. The second-order valence-corrected chi connectivity index (χ2v) is 7.64. The normalized spacial score (nSPS) is 11.7. The van der Waals surface area contributed by atoms with Crippen molar-refractivity contribution < 1.29 is 12.8 Å². The van der Waals surface area contributed by atoms with Crippen molar-refractivity contribution in [3.05, 3.63) is 52.7 Å². The molecule has 0 spiro atoms. The Morgan fingerprint density at radius 1 is 1.18 bits per heavy atom. The molecule has 0 saturated carbocycles. The molecule has 3 rings (SSSR count). The molecule has 114 valence electrons. The van der Waals surface area contributed by atoms with E-state index < -0.39 is 10.0 Å². The van der Waals surface area contributed by atoms with E-state index in [1.807, 2.05) is 0 Å². The zero-order chi connectivity index (χ0) is 15.6. The number of hydrogen-bond acceptors (Lipinski definition) is 6. The van der Waals surface area contributed by atoms with E-state index in [1.54, 1.807) is 35.7 Å². The molecule has 0 aliphatic carbocycles. The van der Waals surface area contributed by atoms with Crippen LogP contribution in [0.2, 0.25) is 5.02 Å². The van der Waals surface area contributed by atoms with Crippen molar-refractivity contribution in [3.63, 3.8) is 0 Å². The Bertz CT molecular complexity index is 858. The highest BCUT2D eigenvalue weighted by Gasteiger charge is 2.16. The predicted molar refractivity (Wildman–Crippen MR) is 83.1 cm³/mol. The quantitative estimate of drug-likeness (QED) is 0.760. The van der Waals surface area contributed by atoms with Gasteiger partial charge >= 0.3 is 0 Å². The summed E-state index contributed by atoms with van der Waals surface area (Å²) in [5.41, 5.74) is 0.712. The molecule has 9 heteroatoms. The van der Waals surface area contributed by atoms with Crippen molar-refractivity contribution in [3.8, 4) is 11.5 Å². The van der Waals surface area contributed by atoms with Crippen molar-refractivity contribution >= 4 is 33.0 Å². The summed E-state index contributed by atoms with van der Waals surface area (Å²) < 4.78 is 32.0. The van der Waals surface area contributed by atoms with Crippen LogP contribution in [-0.2, 0) is 16.6 Å². The molecule has 0 fully saturated rings. The molecule has 0 saturated heterocycles. The Balaban J connectivity index is 1.71. The summed E-state index contributed by atoms with van der Waals surface area (Å²) in [6.45, 7) is -0.0686. The van der Waals surface area contributed by atoms with Crippen LogP contribution in [0, 0.1) is 0 Å². The Hall–Kier alpha value is -1.74. The van der Waals surface area contributed by atoms with Crippen molar-refractivity contribution in [2.75, 3.05) is 0 Å². The van der Waals surface area contributed by atoms with Gasteiger partial charge in [0.25, 0.3) is 10.0 Å². The van der Waals surface area contributed by atoms with Gasteiger partial charge in [0.05, 0.1) is 6.54 Å². The smallest absolute Gasteiger partial charge is 0.250 e. The maximum atomic E-state index is 12.0. The van der Waals surface area contributed by atoms with Gasteiger partial charge in [0.15, 0.2) is 0 Å². The molecule has 0 bridgehead atoms. The van der Waals surface area contributed by atoms with Crippen LogP contribution in [0.3, 0.4) is 0 Å². The lowest BCUT2D eigenvalue weighted by Gasteiger charge is -2.01. The molecular formula is C13H10ClN3O3S2. The Morgan fingerprint density at radius 3 is 2.64 bits per heavy atom. The molecule has 3 aromatic rings.